The van der Waals surface area contributed by atoms with E-state index in [4.69, 9.17) is 0 Å². The lowest BCUT2D eigenvalue weighted by atomic mass is 10.1. The zero-order valence-corrected chi connectivity index (χ0v) is 13.4. The molecule has 0 saturated carbocycles. The van der Waals surface area contributed by atoms with Gasteiger partial charge in [-0.3, -0.25) is 4.79 Å². The molecule has 1 rings (SSSR count). The summed E-state index contributed by atoms with van der Waals surface area (Å²) >= 11 is 1.56. The smallest absolute Gasteiger partial charge is 0.234 e. The standard InChI is InChI=1S/C16H24N2OS/c1-5-10-20-12-16(19)17-15-9-8-14(11-13(15)4)18(6-2)7-3/h5,8-9,11H,1,6-7,10,12H2,2-4H3,(H,17,19). The van der Waals surface area contributed by atoms with Crippen molar-refractivity contribution in [3.63, 3.8) is 0 Å². The van der Waals surface area contributed by atoms with Crippen LogP contribution in [0.3, 0.4) is 0 Å². The van der Waals surface area contributed by atoms with Gasteiger partial charge in [0.25, 0.3) is 0 Å². The Labute approximate surface area is 126 Å². The fourth-order valence-electron chi connectivity index (χ4n) is 1.99. The Kier molecular flexibility index (Phi) is 7.23. The second kappa shape index (κ2) is 8.69. The lowest BCUT2D eigenvalue weighted by Gasteiger charge is -2.22. The Hall–Kier alpha value is -1.42. The molecule has 0 spiro atoms. The molecular formula is C16H24N2OS. The highest BCUT2D eigenvalue weighted by Crippen LogP contribution is 2.22. The van der Waals surface area contributed by atoms with Crippen LogP contribution in [0.1, 0.15) is 19.4 Å². The van der Waals surface area contributed by atoms with Gasteiger partial charge in [-0.05, 0) is 44.5 Å². The van der Waals surface area contributed by atoms with Crippen molar-refractivity contribution in [2.24, 2.45) is 0 Å². The molecule has 20 heavy (non-hydrogen) atoms. The van der Waals surface area contributed by atoms with Crippen LogP contribution in [0, 0.1) is 6.92 Å². The number of hydrogen-bond donors (Lipinski definition) is 1. The van der Waals surface area contributed by atoms with Crippen LogP contribution in [0.5, 0.6) is 0 Å². The third kappa shape index (κ3) is 4.93. The number of carbonyl (C=O) groups is 1. The van der Waals surface area contributed by atoms with E-state index in [2.05, 4.69) is 42.8 Å². The van der Waals surface area contributed by atoms with E-state index in [0.717, 1.165) is 30.1 Å². The predicted molar refractivity (Wildman–Crippen MR) is 90.9 cm³/mol. The number of nitrogens with zero attached hydrogens (tertiary/aromatic N) is 1. The van der Waals surface area contributed by atoms with Crippen LogP contribution < -0.4 is 10.2 Å². The number of rotatable bonds is 8. The number of carbonyl (C=O) groups excluding carboxylic acids is 1. The van der Waals surface area contributed by atoms with Gasteiger partial charge in [-0.25, -0.2) is 0 Å². The molecule has 0 atom stereocenters. The molecule has 0 radical (unpaired) electrons. The van der Waals surface area contributed by atoms with E-state index < -0.39 is 0 Å². The number of benzene rings is 1. The molecule has 0 heterocycles. The maximum Gasteiger partial charge on any atom is 0.234 e. The number of anilines is 2. The maximum absolute atomic E-state index is 11.8. The Morgan fingerprint density at radius 2 is 2.10 bits per heavy atom. The first-order valence-electron chi connectivity index (χ1n) is 6.96. The minimum atomic E-state index is 0.0375. The first-order valence-corrected chi connectivity index (χ1v) is 8.11. The highest BCUT2D eigenvalue weighted by atomic mass is 32.2. The van der Waals surface area contributed by atoms with E-state index >= 15 is 0 Å². The van der Waals surface area contributed by atoms with Crippen molar-refractivity contribution in [3.8, 4) is 0 Å². The summed E-state index contributed by atoms with van der Waals surface area (Å²) in [6.07, 6.45) is 1.81. The first-order chi connectivity index (χ1) is 9.62. The van der Waals surface area contributed by atoms with Gasteiger partial charge < -0.3 is 10.2 Å². The van der Waals surface area contributed by atoms with E-state index in [1.165, 1.54) is 5.69 Å². The van der Waals surface area contributed by atoms with Crippen LogP contribution in [0.15, 0.2) is 30.9 Å². The second-order valence-electron chi connectivity index (χ2n) is 4.52. The van der Waals surface area contributed by atoms with Crippen molar-refractivity contribution in [2.75, 3.05) is 34.8 Å². The van der Waals surface area contributed by atoms with Gasteiger partial charge in [-0.2, -0.15) is 0 Å². The van der Waals surface area contributed by atoms with Gasteiger partial charge in [0.15, 0.2) is 0 Å². The maximum atomic E-state index is 11.8. The Morgan fingerprint density at radius 3 is 2.65 bits per heavy atom. The number of nitrogens with one attached hydrogen (secondary N) is 1. The van der Waals surface area contributed by atoms with Crippen LogP contribution in [0.4, 0.5) is 11.4 Å². The molecule has 3 nitrogen and oxygen atoms in total. The van der Waals surface area contributed by atoms with E-state index in [0.29, 0.717) is 5.75 Å². The summed E-state index contributed by atoms with van der Waals surface area (Å²) in [6.45, 7) is 11.9. The SMILES string of the molecule is C=CCSCC(=O)Nc1ccc(N(CC)CC)cc1C. The predicted octanol–water partition coefficient (Wildman–Crippen LogP) is 3.70. The molecule has 0 saturated heterocycles. The highest BCUT2D eigenvalue weighted by molar-refractivity contribution is 8.00. The summed E-state index contributed by atoms with van der Waals surface area (Å²) in [5.41, 5.74) is 3.19. The molecular weight excluding hydrogens is 268 g/mol. The van der Waals surface area contributed by atoms with Crippen LogP contribution >= 0.6 is 11.8 Å². The van der Waals surface area contributed by atoms with Gasteiger partial charge in [-0.15, -0.1) is 18.3 Å². The van der Waals surface area contributed by atoms with E-state index in [1.54, 1.807) is 11.8 Å². The second-order valence-corrected chi connectivity index (χ2v) is 5.55. The summed E-state index contributed by atoms with van der Waals surface area (Å²) in [5.74, 6) is 1.30. The number of hydrogen-bond acceptors (Lipinski definition) is 3. The monoisotopic (exact) mass is 292 g/mol. The summed E-state index contributed by atoms with van der Waals surface area (Å²) in [6, 6.07) is 6.17. The van der Waals surface area contributed by atoms with Crippen molar-refractivity contribution in [3.05, 3.63) is 36.4 Å². The summed E-state index contributed by atoms with van der Waals surface area (Å²) < 4.78 is 0. The van der Waals surface area contributed by atoms with Crippen LogP contribution in [-0.4, -0.2) is 30.5 Å². The van der Waals surface area contributed by atoms with Gasteiger partial charge >= 0.3 is 0 Å². The molecule has 0 aromatic heterocycles. The molecule has 0 aliphatic heterocycles. The number of amides is 1. The molecule has 1 N–H and O–H groups in total. The van der Waals surface area contributed by atoms with Crippen molar-refractivity contribution >= 4 is 29.0 Å². The van der Waals surface area contributed by atoms with Gasteiger partial charge in [-0.1, -0.05) is 6.08 Å². The van der Waals surface area contributed by atoms with Gasteiger partial charge in [0.1, 0.15) is 0 Å². The summed E-state index contributed by atoms with van der Waals surface area (Å²) in [5, 5.41) is 2.96. The van der Waals surface area contributed by atoms with Crippen LogP contribution in [0.2, 0.25) is 0 Å². The Bertz CT molecular complexity index is 456. The average molecular weight is 292 g/mol. The normalized spacial score (nSPS) is 10.2. The molecule has 1 aromatic rings. The lowest BCUT2D eigenvalue weighted by Crippen LogP contribution is -2.22. The zero-order chi connectivity index (χ0) is 15.0. The van der Waals surface area contributed by atoms with E-state index in [9.17, 15) is 4.79 Å². The Morgan fingerprint density at radius 1 is 1.40 bits per heavy atom. The fraction of sp³-hybridized carbons (Fsp3) is 0.438. The molecule has 1 amide bonds. The van der Waals surface area contributed by atoms with Crippen LogP contribution in [-0.2, 0) is 4.79 Å². The number of thioether (sulfide) groups is 1. The molecule has 0 fully saturated rings. The first kappa shape index (κ1) is 16.6. The van der Waals surface area contributed by atoms with Crippen molar-refractivity contribution in [1.82, 2.24) is 0 Å². The molecule has 4 heteroatoms. The molecule has 0 bridgehead atoms. The minimum Gasteiger partial charge on any atom is -0.372 e. The van der Waals surface area contributed by atoms with Crippen LogP contribution in [0.25, 0.3) is 0 Å². The third-order valence-electron chi connectivity index (χ3n) is 3.08. The molecule has 0 aliphatic carbocycles. The largest absolute Gasteiger partial charge is 0.372 e. The fourth-order valence-corrected chi connectivity index (χ4v) is 2.54. The quantitative estimate of drug-likeness (QED) is 0.586. The van der Waals surface area contributed by atoms with Crippen molar-refractivity contribution in [2.45, 2.75) is 20.8 Å². The highest BCUT2D eigenvalue weighted by Gasteiger charge is 2.07. The summed E-state index contributed by atoms with van der Waals surface area (Å²) in [7, 11) is 0. The van der Waals surface area contributed by atoms with Crippen molar-refractivity contribution < 1.29 is 4.79 Å². The molecule has 110 valence electrons. The van der Waals surface area contributed by atoms with Gasteiger partial charge in [0.05, 0.1) is 5.75 Å². The molecule has 0 unspecified atom stereocenters. The lowest BCUT2D eigenvalue weighted by molar-refractivity contribution is -0.113. The summed E-state index contributed by atoms with van der Waals surface area (Å²) in [4.78, 5) is 14.1. The van der Waals surface area contributed by atoms with Gasteiger partial charge in [0, 0.05) is 30.2 Å². The minimum absolute atomic E-state index is 0.0375. The van der Waals surface area contributed by atoms with E-state index in [-0.39, 0.29) is 5.91 Å². The molecule has 0 aliphatic rings. The van der Waals surface area contributed by atoms with Crippen molar-refractivity contribution in [1.29, 1.82) is 0 Å². The van der Waals surface area contributed by atoms with Gasteiger partial charge in [0.2, 0.25) is 5.91 Å². The molecule has 1 aromatic carbocycles. The Balaban J connectivity index is 2.68. The van der Waals surface area contributed by atoms with E-state index in [1.807, 2.05) is 19.1 Å². The third-order valence-corrected chi connectivity index (χ3v) is 4.02. The number of aryl methyl sites for hydroxylation is 1. The average Bonchev–Trinajstić information content (AvgIpc) is 2.43. The zero-order valence-electron chi connectivity index (χ0n) is 12.6. The topological polar surface area (TPSA) is 32.3 Å².